The summed E-state index contributed by atoms with van der Waals surface area (Å²) in [5, 5.41) is 14.0. The Morgan fingerprint density at radius 1 is 1.36 bits per heavy atom. The van der Waals surface area contributed by atoms with E-state index in [4.69, 9.17) is 11.6 Å². The van der Waals surface area contributed by atoms with Gasteiger partial charge in [0.1, 0.15) is 11.6 Å². The number of carbonyl (C=O) groups excluding carboxylic acids is 1. The number of rotatable bonds is 4. The summed E-state index contributed by atoms with van der Waals surface area (Å²) in [5.41, 5.74) is 0.972. The summed E-state index contributed by atoms with van der Waals surface area (Å²) in [6.45, 7) is 4.31. The first kappa shape index (κ1) is 15.0. The second-order valence-electron chi connectivity index (χ2n) is 5.30. The van der Waals surface area contributed by atoms with Gasteiger partial charge in [-0.15, -0.1) is 10.2 Å². The molecule has 3 rings (SSSR count). The van der Waals surface area contributed by atoms with Crippen molar-refractivity contribution in [3.63, 3.8) is 0 Å². The Hall–Kier alpha value is -1.92. The van der Waals surface area contributed by atoms with E-state index in [1.807, 2.05) is 48.9 Å². The molecule has 0 bridgehead atoms. The van der Waals surface area contributed by atoms with Gasteiger partial charge in [0, 0.05) is 28.0 Å². The molecule has 1 amide bonds. The molecule has 5 nitrogen and oxygen atoms in total. The lowest BCUT2D eigenvalue weighted by molar-refractivity contribution is -0.116. The van der Waals surface area contributed by atoms with E-state index in [1.54, 1.807) is 0 Å². The molecule has 22 heavy (non-hydrogen) atoms. The first-order chi connectivity index (χ1) is 10.5. The third kappa shape index (κ3) is 3.13. The average Bonchev–Trinajstić information content (AvgIpc) is 3.06. The zero-order chi connectivity index (χ0) is 15.7. The lowest BCUT2D eigenvalue weighted by atomic mass is 10.2. The molecule has 0 saturated heterocycles. The topological polar surface area (TPSA) is 59.8 Å². The van der Waals surface area contributed by atoms with E-state index in [0.29, 0.717) is 16.1 Å². The van der Waals surface area contributed by atoms with Crippen molar-refractivity contribution >= 4 is 44.9 Å². The highest BCUT2D eigenvalue weighted by molar-refractivity contribution is 7.15. The Kier molecular flexibility index (Phi) is 4.13. The van der Waals surface area contributed by atoms with Crippen molar-refractivity contribution in [1.29, 1.82) is 0 Å². The van der Waals surface area contributed by atoms with E-state index in [1.165, 1.54) is 11.3 Å². The molecule has 0 radical (unpaired) electrons. The summed E-state index contributed by atoms with van der Waals surface area (Å²) in [6.07, 6.45) is 1.88. The molecule has 1 aromatic carbocycles. The van der Waals surface area contributed by atoms with Crippen LogP contribution in [0.15, 0.2) is 30.5 Å². The van der Waals surface area contributed by atoms with Crippen LogP contribution in [0.3, 0.4) is 0 Å². The van der Waals surface area contributed by atoms with Gasteiger partial charge in [0.15, 0.2) is 0 Å². The predicted molar refractivity (Wildman–Crippen MR) is 89.6 cm³/mol. The third-order valence-electron chi connectivity index (χ3n) is 3.23. The van der Waals surface area contributed by atoms with Crippen molar-refractivity contribution in [2.75, 3.05) is 5.32 Å². The molecule has 0 aliphatic carbocycles. The Bertz CT molecular complexity index is 824. The number of fused-ring (bicyclic) bond motifs is 1. The number of amides is 1. The number of hydrogen-bond acceptors (Lipinski definition) is 4. The second-order valence-corrected chi connectivity index (χ2v) is 6.74. The van der Waals surface area contributed by atoms with Gasteiger partial charge in [0.05, 0.1) is 0 Å². The van der Waals surface area contributed by atoms with E-state index in [0.717, 1.165) is 15.9 Å². The fourth-order valence-electron chi connectivity index (χ4n) is 2.14. The highest BCUT2D eigenvalue weighted by atomic mass is 35.5. The zero-order valence-electron chi connectivity index (χ0n) is 12.2. The van der Waals surface area contributed by atoms with Crippen LogP contribution in [0, 0.1) is 0 Å². The summed E-state index contributed by atoms with van der Waals surface area (Å²) in [5.74, 6) is 0.181. The molecule has 0 saturated carbocycles. The van der Waals surface area contributed by atoms with Crippen LogP contribution in [0.4, 0.5) is 5.13 Å². The number of aromatic nitrogens is 3. The average molecular weight is 335 g/mol. The zero-order valence-corrected chi connectivity index (χ0v) is 13.8. The van der Waals surface area contributed by atoms with Gasteiger partial charge < -0.3 is 4.57 Å². The number of anilines is 1. The van der Waals surface area contributed by atoms with Gasteiger partial charge in [-0.1, -0.05) is 36.8 Å². The van der Waals surface area contributed by atoms with E-state index < -0.39 is 0 Å². The molecule has 0 fully saturated rings. The van der Waals surface area contributed by atoms with Crippen molar-refractivity contribution in [3.05, 3.63) is 40.5 Å². The molecule has 0 unspecified atom stereocenters. The van der Waals surface area contributed by atoms with Crippen molar-refractivity contribution in [3.8, 4) is 0 Å². The maximum Gasteiger partial charge on any atom is 0.246 e. The fraction of sp³-hybridized carbons (Fsp3) is 0.267. The van der Waals surface area contributed by atoms with Crippen LogP contribution in [-0.4, -0.2) is 20.7 Å². The summed E-state index contributed by atoms with van der Waals surface area (Å²) >= 11 is 7.37. The molecular weight excluding hydrogens is 320 g/mol. The monoisotopic (exact) mass is 334 g/mol. The van der Waals surface area contributed by atoms with Gasteiger partial charge in [0.2, 0.25) is 11.0 Å². The minimum Gasteiger partial charge on any atom is -0.338 e. The summed E-state index contributed by atoms with van der Waals surface area (Å²) in [6, 6.07) is 7.55. The minimum atomic E-state index is -0.126. The Labute approximate surface area is 136 Å². The first-order valence-corrected chi connectivity index (χ1v) is 8.10. The standard InChI is InChI=1S/C15H15ClN4OS/c1-9(2)14-18-19-15(22-14)17-13(21)8-20-6-5-10-7-11(16)3-4-12(10)20/h3-7,9H,8H2,1-2H3,(H,17,19,21). The number of benzene rings is 1. The summed E-state index contributed by atoms with van der Waals surface area (Å²) < 4.78 is 1.88. The number of nitrogens with zero attached hydrogens (tertiary/aromatic N) is 3. The van der Waals surface area contributed by atoms with Gasteiger partial charge in [-0.05, 0) is 24.3 Å². The molecule has 2 aromatic heterocycles. The molecule has 114 valence electrons. The van der Waals surface area contributed by atoms with Crippen LogP contribution in [0.25, 0.3) is 10.9 Å². The summed E-state index contributed by atoms with van der Waals surface area (Å²) in [7, 11) is 0. The summed E-state index contributed by atoms with van der Waals surface area (Å²) in [4.78, 5) is 12.2. The first-order valence-electron chi connectivity index (χ1n) is 6.90. The van der Waals surface area contributed by atoms with Crippen LogP contribution in [0.5, 0.6) is 0 Å². The largest absolute Gasteiger partial charge is 0.338 e. The van der Waals surface area contributed by atoms with Gasteiger partial charge >= 0.3 is 0 Å². The van der Waals surface area contributed by atoms with Crippen molar-refractivity contribution in [1.82, 2.24) is 14.8 Å². The number of carbonyl (C=O) groups is 1. The van der Waals surface area contributed by atoms with E-state index in [-0.39, 0.29) is 12.5 Å². The van der Waals surface area contributed by atoms with Crippen LogP contribution in [0.2, 0.25) is 5.02 Å². The maximum atomic E-state index is 12.2. The molecule has 0 aliphatic rings. The fourth-order valence-corrected chi connectivity index (χ4v) is 3.08. The second kappa shape index (κ2) is 6.06. The number of nitrogens with one attached hydrogen (secondary N) is 1. The third-order valence-corrected chi connectivity index (χ3v) is 4.60. The Morgan fingerprint density at radius 3 is 2.91 bits per heavy atom. The van der Waals surface area contributed by atoms with E-state index in [2.05, 4.69) is 15.5 Å². The Morgan fingerprint density at radius 2 is 2.18 bits per heavy atom. The molecule has 2 heterocycles. The highest BCUT2D eigenvalue weighted by Crippen LogP contribution is 2.23. The molecule has 7 heteroatoms. The van der Waals surface area contributed by atoms with Gasteiger partial charge in [-0.3, -0.25) is 10.1 Å². The van der Waals surface area contributed by atoms with Gasteiger partial charge in [-0.25, -0.2) is 0 Å². The molecule has 1 N–H and O–H groups in total. The lowest BCUT2D eigenvalue weighted by Crippen LogP contribution is -2.18. The van der Waals surface area contributed by atoms with Crippen molar-refractivity contribution < 1.29 is 4.79 Å². The Balaban J connectivity index is 1.72. The van der Waals surface area contributed by atoms with Crippen LogP contribution in [0.1, 0.15) is 24.8 Å². The molecule has 3 aromatic rings. The predicted octanol–water partition coefficient (Wildman–Crippen LogP) is 3.91. The quantitative estimate of drug-likeness (QED) is 0.787. The van der Waals surface area contributed by atoms with Crippen LogP contribution in [-0.2, 0) is 11.3 Å². The van der Waals surface area contributed by atoms with Gasteiger partial charge in [-0.2, -0.15) is 0 Å². The van der Waals surface area contributed by atoms with Crippen molar-refractivity contribution in [2.45, 2.75) is 26.3 Å². The highest BCUT2D eigenvalue weighted by Gasteiger charge is 2.11. The number of halogens is 1. The maximum absolute atomic E-state index is 12.2. The van der Waals surface area contributed by atoms with E-state index in [9.17, 15) is 4.79 Å². The van der Waals surface area contributed by atoms with Crippen molar-refractivity contribution in [2.24, 2.45) is 0 Å². The molecule has 0 aliphatic heterocycles. The minimum absolute atomic E-state index is 0.126. The molecule has 0 spiro atoms. The van der Waals surface area contributed by atoms with Crippen LogP contribution >= 0.6 is 22.9 Å². The lowest BCUT2D eigenvalue weighted by Gasteiger charge is -2.05. The molecular formula is C15H15ClN4OS. The SMILES string of the molecule is CC(C)c1nnc(NC(=O)Cn2ccc3cc(Cl)ccc32)s1. The smallest absolute Gasteiger partial charge is 0.246 e. The normalized spacial score (nSPS) is 11.3. The molecule has 0 atom stereocenters. The number of hydrogen-bond donors (Lipinski definition) is 1. The van der Waals surface area contributed by atoms with Crippen LogP contribution < -0.4 is 5.32 Å². The van der Waals surface area contributed by atoms with E-state index >= 15 is 0 Å². The van der Waals surface area contributed by atoms with Gasteiger partial charge in [0.25, 0.3) is 0 Å².